The summed E-state index contributed by atoms with van der Waals surface area (Å²) in [6.45, 7) is 3.55. The molecule has 0 aromatic heterocycles. The number of alkyl halides is 4. The van der Waals surface area contributed by atoms with Gasteiger partial charge in [-0.2, -0.15) is 13.2 Å². The average Bonchev–Trinajstić information content (AvgIpc) is 3.06. The molecule has 1 aliphatic carbocycles. The van der Waals surface area contributed by atoms with Gasteiger partial charge in [0.05, 0.1) is 0 Å². The molecule has 1 saturated heterocycles. The fourth-order valence-corrected chi connectivity index (χ4v) is 4.96. The van der Waals surface area contributed by atoms with Gasteiger partial charge >= 0.3 is 6.18 Å². The van der Waals surface area contributed by atoms with Gasteiger partial charge in [0.2, 0.25) is 5.67 Å². The molecule has 1 heterocycles. The zero-order valence-electron chi connectivity index (χ0n) is 16.6. The normalized spacial score (nSPS) is 25.5. The number of hydrogen-bond acceptors (Lipinski definition) is 1. The third-order valence-corrected chi connectivity index (χ3v) is 6.69. The highest BCUT2D eigenvalue weighted by molar-refractivity contribution is 5.85. The quantitative estimate of drug-likeness (QED) is 0.596. The lowest BCUT2D eigenvalue weighted by atomic mass is 9.63. The molecule has 0 spiro atoms. The minimum Gasteiger partial charge on any atom is -0.313 e. The highest BCUT2D eigenvalue weighted by Crippen LogP contribution is 2.48. The van der Waals surface area contributed by atoms with Crippen molar-refractivity contribution in [2.45, 2.75) is 62.8 Å². The van der Waals surface area contributed by atoms with Gasteiger partial charge in [-0.15, -0.1) is 12.4 Å². The number of aryl methyl sites for hydroxylation is 2. The first kappa shape index (κ1) is 22.1. The number of fused-ring (bicyclic) bond motifs is 3. The van der Waals surface area contributed by atoms with Crippen LogP contribution < -0.4 is 5.32 Å². The fraction of sp³-hybridized carbons (Fsp3) is 0.478. The van der Waals surface area contributed by atoms with Gasteiger partial charge in [0.15, 0.2) is 0 Å². The van der Waals surface area contributed by atoms with Crippen LogP contribution in [-0.4, -0.2) is 18.8 Å². The van der Waals surface area contributed by atoms with Crippen molar-refractivity contribution in [2.75, 3.05) is 6.54 Å². The molecule has 1 N–H and O–H groups in total. The van der Waals surface area contributed by atoms with E-state index >= 15 is 0 Å². The molecule has 158 valence electrons. The molecule has 2 aliphatic rings. The lowest BCUT2D eigenvalue weighted by Gasteiger charge is -2.42. The third-order valence-electron chi connectivity index (χ3n) is 6.69. The molecule has 1 nitrogen and oxygen atoms in total. The van der Waals surface area contributed by atoms with Crippen molar-refractivity contribution in [1.82, 2.24) is 5.32 Å². The topological polar surface area (TPSA) is 12.0 Å². The van der Waals surface area contributed by atoms with E-state index in [1.165, 1.54) is 23.3 Å². The maximum absolute atomic E-state index is 14.5. The van der Waals surface area contributed by atoms with Gasteiger partial charge in [0, 0.05) is 11.5 Å². The smallest absolute Gasteiger partial charge is 0.313 e. The van der Waals surface area contributed by atoms with E-state index in [1.807, 2.05) is 6.92 Å². The van der Waals surface area contributed by atoms with Crippen molar-refractivity contribution in [3.8, 4) is 0 Å². The molecule has 3 unspecified atom stereocenters. The summed E-state index contributed by atoms with van der Waals surface area (Å²) in [7, 11) is 0. The second kappa shape index (κ2) is 7.59. The lowest BCUT2D eigenvalue weighted by molar-refractivity contribution is -0.228. The predicted molar refractivity (Wildman–Crippen MR) is 109 cm³/mol. The molecule has 0 saturated carbocycles. The summed E-state index contributed by atoms with van der Waals surface area (Å²) in [5, 5.41) is 3.59. The molecule has 2 aromatic rings. The number of rotatable bonds is 3. The van der Waals surface area contributed by atoms with Gasteiger partial charge in [-0.1, -0.05) is 48.0 Å². The van der Waals surface area contributed by atoms with E-state index in [0.717, 1.165) is 36.9 Å². The highest BCUT2D eigenvalue weighted by Gasteiger charge is 2.54. The van der Waals surface area contributed by atoms with E-state index in [4.69, 9.17) is 0 Å². The summed E-state index contributed by atoms with van der Waals surface area (Å²) in [6, 6.07) is 13.3. The molecular weight excluding hydrogens is 402 g/mol. The Labute approximate surface area is 175 Å². The first-order chi connectivity index (χ1) is 13.1. The Balaban J connectivity index is 0.00000240. The van der Waals surface area contributed by atoms with Crippen LogP contribution in [0.3, 0.4) is 0 Å². The van der Waals surface area contributed by atoms with Crippen LogP contribution in [0.1, 0.15) is 47.6 Å². The average molecular weight is 428 g/mol. The van der Waals surface area contributed by atoms with Crippen molar-refractivity contribution < 1.29 is 17.6 Å². The molecule has 0 radical (unpaired) electrons. The Hall–Kier alpha value is -1.59. The number of halogens is 5. The van der Waals surface area contributed by atoms with Crippen LogP contribution in [0.15, 0.2) is 42.5 Å². The van der Waals surface area contributed by atoms with Crippen LogP contribution in [0.2, 0.25) is 0 Å². The Morgan fingerprint density at radius 2 is 1.76 bits per heavy atom. The van der Waals surface area contributed by atoms with Gasteiger partial charge < -0.3 is 5.32 Å². The summed E-state index contributed by atoms with van der Waals surface area (Å²) in [6.07, 6.45) is -1.62. The second-order valence-corrected chi connectivity index (χ2v) is 8.49. The molecule has 4 rings (SSSR count). The zero-order valence-corrected chi connectivity index (χ0v) is 17.4. The van der Waals surface area contributed by atoms with Gasteiger partial charge in [-0.05, 0) is 68.3 Å². The molecule has 1 aliphatic heterocycles. The lowest BCUT2D eigenvalue weighted by Crippen LogP contribution is -2.46. The maximum atomic E-state index is 14.5. The van der Waals surface area contributed by atoms with Crippen LogP contribution >= 0.6 is 12.4 Å². The second-order valence-electron chi connectivity index (χ2n) is 8.49. The van der Waals surface area contributed by atoms with Crippen molar-refractivity contribution in [3.63, 3.8) is 0 Å². The predicted octanol–water partition coefficient (Wildman–Crippen LogP) is 5.95. The SMILES string of the molecule is Cc1ccc(CC23CCNC2CCc2cc(C(C)(F)C(F)(F)F)ccc23)cc1.Cl. The number of hydrogen-bond donors (Lipinski definition) is 1. The van der Waals surface area contributed by atoms with Crippen molar-refractivity contribution in [1.29, 1.82) is 0 Å². The van der Waals surface area contributed by atoms with Crippen LogP contribution in [0, 0.1) is 6.92 Å². The van der Waals surface area contributed by atoms with Crippen molar-refractivity contribution >= 4 is 12.4 Å². The maximum Gasteiger partial charge on any atom is 0.426 e. The molecule has 29 heavy (non-hydrogen) atoms. The highest BCUT2D eigenvalue weighted by atomic mass is 35.5. The Morgan fingerprint density at radius 3 is 2.41 bits per heavy atom. The molecule has 6 heteroatoms. The summed E-state index contributed by atoms with van der Waals surface area (Å²) in [5.74, 6) is 0. The number of benzene rings is 2. The minimum atomic E-state index is -4.92. The van der Waals surface area contributed by atoms with E-state index in [9.17, 15) is 17.6 Å². The Kier molecular flexibility index (Phi) is 5.78. The zero-order chi connectivity index (χ0) is 20.2. The molecule has 1 fully saturated rings. The largest absolute Gasteiger partial charge is 0.426 e. The van der Waals surface area contributed by atoms with Crippen LogP contribution in [0.25, 0.3) is 0 Å². The fourth-order valence-electron chi connectivity index (χ4n) is 4.96. The van der Waals surface area contributed by atoms with E-state index in [-0.39, 0.29) is 23.4 Å². The van der Waals surface area contributed by atoms with E-state index in [2.05, 4.69) is 29.6 Å². The monoisotopic (exact) mass is 427 g/mol. The summed E-state index contributed by atoms with van der Waals surface area (Å²) < 4.78 is 54.0. The first-order valence-corrected chi connectivity index (χ1v) is 9.82. The van der Waals surface area contributed by atoms with Crippen LogP contribution in [-0.2, 0) is 23.9 Å². The van der Waals surface area contributed by atoms with Gasteiger partial charge in [-0.3, -0.25) is 0 Å². The van der Waals surface area contributed by atoms with Gasteiger partial charge in [0.1, 0.15) is 0 Å². The molecule has 0 bridgehead atoms. The standard InChI is InChI=1S/C23H25F4N.ClH/c1-15-3-5-16(6-4-15)14-22-11-12-28-20(22)10-7-17-13-18(8-9-19(17)22)21(2,24)23(25,26)27;/h3-6,8-9,13,20,28H,7,10-12,14H2,1-2H3;1H. The Morgan fingerprint density at radius 1 is 1.07 bits per heavy atom. The van der Waals surface area contributed by atoms with Crippen LogP contribution in [0.4, 0.5) is 17.6 Å². The van der Waals surface area contributed by atoms with E-state index in [0.29, 0.717) is 19.4 Å². The van der Waals surface area contributed by atoms with Gasteiger partial charge in [0.25, 0.3) is 0 Å². The van der Waals surface area contributed by atoms with Gasteiger partial charge in [-0.25, -0.2) is 4.39 Å². The molecule has 3 atom stereocenters. The Bertz CT molecular complexity index is 875. The summed E-state index contributed by atoms with van der Waals surface area (Å²) in [5.41, 5.74) is 0.582. The van der Waals surface area contributed by atoms with Crippen molar-refractivity contribution in [3.05, 3.63) is 70.3 Å². The van der Waals surface area contributed by atoms with E-state index in [1.54, 1.807) is 6.07 Å². The number of nitrogens with one attached hydrogen (secondary N) is 1. The summed E-state index contributed by atoms with van der Waals surface area (Å²) >= 11 is 0. The molecule has 2 aromatic carbocycles. The summed E-state index contributed by atoms with van der Waals surface area (Å²) in [4.78, 5) is 0. The van der Waals surface area contributed by atoms with Crippen molar-refractivity contribution in [2.24, 2.45) is 0 Å². The third kappa shape index (κ3) is 3.68. The van der Waals surface area contributed by atoms with Crippen LogP contribution in [0.5, 0.6) is 0 Å². The molecular formula is C23H26ClF4N. The van der Waals surface area contributed by atoms with E-state index < -0.39 is 11.8 Å². The first-order valence-electron chi connectivity index (χ1n) is 9.82. The molecule has 0 amide bonds. The minimum absolute atomic E-state index is 0.